The van der Waals surface area contributed by atoms with Crippen molar-refractivity contribution in [2.75, 3.05) is 20.6 Å². The Bertz CT molecular complexity index is 423. The average molecular weight is 280 g/mol. The standard InChI is InChI=1S/C12H14BrN3/c1-15-8-7-12(9-14,16(15)2)10-3-5-11(13)6-4-10/h3-6H,7-8H2,1-2H3. The molecule has 1 fully saturated rings. The molecule has 1 aromatic carbocycles. The van der Waals surface area contributed by atoms with E-state index in [1.165, 1.54) is 0 Å². The molecule has 4 heteroatoms. The number of hydrogen-bond donors (Lipinski definition) is 0. The quantitative estimate of drug-likeness (QED) is 0.791. The van der Waals surface area contributed by atoms with Crippen molar-refractivity contribution in [1.29, 1.82) is 5.26 Å². The summed E-state index contributed by atoms with van der Waals surface area (Å²) in [4.78, 5) is 0. The first-order valence-electron chi connectivity index (χ1n) is 5.22. The van der Waals surface area contributed by atoms with Crippen LogP contribution in [0.15, 0.2) is 28.7 Å². The van der Waals surface area contributed by atoms with Gasteiger partial charge in [0.05, 0.1) is 6.07 Å². The Kier molecular flexibility index (Phi) is 3.02. The minimum absolute atomic E-state index is 0.505. The molecule has 0 amide bonds. The molecule has 0 radical (unpaired) electrons. The summed E-state index contributed by atoms with van der Waals surface area (Å²) < 4.78 is 1.04. The fourth-order valence-corrected chi connectivity index (χ4v) is 2.44. The van der Waals surface area contributed by atoms with Crippen molar-refractivity contribution in [2.24, 2.45) is 0 Å². The van der Waals surface area contributed by atoms with Gasteiger partial charge in [0.1, 0.15) is 5.54 Å². The molecule has 3 nitrogen and oxygen atoms in total. The van der Waals surface area contributed by atoms with E-state index < -0.39 is 5.54 Å². The molecule has 0 saturated carbocycles. The highest BCUT2D eigenvalue weighted by atomic mass is 79.9. The fraction of sp³-hybridized carbons (Fsp3) is 0.417. The number of hydrazine groups is 1. The van der Waals surface area contributed by atoms with E-state index >= 15 is 0 Å². The molecule has 1 aliphatic heterocycles. The van der Waals surface area contributed by atoms with Crippen LogP contribution in [0.4, 0.5) is 0 Å². The lowest BCUT2D eigenvalue weighted by atomic mass is 9.89. The first kappa shape index (κ1) is 11.6. The molecule has 1 unspecified atom stereocenters. The van der Waals surface area contributed by atoms with E-state index in [0.717, 1.165) is 23.0 Å². The molecular weight excluding hydrogens is 266 g/mol. The Hall–Kier alpha value is -0.890. The molecule has 0 aromatic heterocycles. The topological polar surface area (TPSA) is 30.3 Å². The smallest absolute Gasteiger partial charge is 0.148 e. The van der Waals surface area contributed by atoms with E-state index in [0.29, 0.717) is 0 Å². The van der Waals surface area contributed by atoms with Crippen molar-refractivity contribution in [2.45, 2.75) is 12.0 Å². The number of benzene rings is 1. The van der Waals surface area contributed by atoms with E-state index in [-0.39, 0.29) is 0 Å². The van der Waals surface area contributed by atoms with E-state index in [1.54, 1.807) is 0 Å². The van der Waals surface area contributed by atoms with Gasteiger partial charge in [0.25, 0.3) is 0 Å². The van der Waals surface area contributed by atoms with Crippen molar-refractivity contribution < 1.29 is 0 Å². The van der Waals surface area contributed by atoms with Crippen LogP contribution >= 0.6 is 15.9 Å². The van der Waals surface area contributed by atoms with Gasteiger partial charge in [0.2, 0.25) is 0 Å². The van der Waals surface area contributed by atoms with Crippen molar-refractivity contribution in [1.82, 2.24) is 10.0 Å². The predicted molar refractivity (Wildman–Crippen MR) is 66.4 cm³/mol. The maximum Gasteiger partial charge on any atom is 0.148 e. The lowest BCUT2D eigenvalue weighted by Crippen LogP contribution is -2.42. The van der Waals surface area contributed by atoms with E-state index in [9.17, 15) is 5.26 Å². The molecule has 0 N–H and O–H groups in total. The van der Waals surface area contributed by atoms with E-state index in [4.69, 9.17) is 0 Å². The summed E-state index contributed by atoms with van der Waals surface area (Å²) >= 11 is 3.41. The molecule has 16 heavy (non-hydrogen) atoms. The van der Waals surface area contributed by atoms with Crippen LogP contribution in [0.3, 0.4) is 0 Å². The molecule has 0 aliphatic carbocycles. The SMILES string of the molecule is CN1CCC(C#N)(c2ccc(Br)cc2)N1C. The molecule has 1 saturated heterocycles. The van der Waals surface area contributed by atoms with Gasteiger partial charge in [0, 0.05) is 25.1 Å². The zero-order chi connectivity index (χ0) is 11.8. The third kappa shape index (κ3) is 1.65. The molecule has 84 valence electrons. The van der Waals surface area contributed by atoms with Gasteiger partial charge in [-0.3, -0.25) is 0 Å². The van der Waals surface area contributed by atoms with Crippen LogP contribution in [0.2, 0.25) is 0 Å². The monoisotopic (exact) mass is 279 g/mol. The van der Waals surface area contributed by atoms with Gasteiger partial charge >= 0.3 is 0 Å². The molecule has 0 bridgehead atoms. The summed E-state index contributed by atoms with van der Waals surface area (Å²) in [6, 6.07) is 10.5. The number of nitrogens with zero attached hydrogens (tertiary/aromatic N) is 3. The zero-order valence-corrected chi connectivity index (χ0v) is 11.0. The lowest BCUT2D eigenvalue weighted by Gasteiger charge is -2.32. The molecule has 1 aromatic rings. The Balaban J connectivity index is 2.44. The predicted octanol–water partition coefficient (Wildman–Crippen LogP) is 2.35. The molecule has 1 aliphatic rings. The Morgan fingerprint density at radius 3 is 2.38 bits per heavy atom. The normalized spacial score (nSPS) is 26.9. The van der Waals surface area contributed by atoms with Crippen LogP contribution in [0.1, 0.15) is 12.0 Å². The van der Waals surface area contributed by atoms with E-state index in [2.05, 4.69) is 27.0 Å². The van der Waals surface area contributed by atoms with Gasteiger partial charge in [-0.25, -0.2) is 10.0 Å². The number of hydrogen-bond acceptors (Lipinski definition) is 3. The largest absolute Gasteiger partial charge is 0.243 e. The maximum absolute atomic E-state index is 9.50. The molecule has 1 heterocycles. The summed E-state index contributed by atoms with van der Waals surface area (Å²) in [6.07, 6.45) is 0.845. The second-order valence-electron chi connectivity index (χ2n) is 4.13. The van der Waals surface area contributed by atoms with Crippen LogP contribution < -0.4 is 0 Å². The lowest BCUT2D eigenvalue weighted by molar-refractivity contribution is 0.0218. The number of nitriles is 1. The van der Waals surface area contributed by atoms with E-state index in [1.807, 2.05) is 43.4 Å². The summed E-state index contributed by atoms with van der Waals surface area (Å²) in [5.41, 5.74) is 0.556. The molecular formula is C12H14BrN3. The van der Waals surface area contributed by atoms with Gasteiger partial charge in [-0.1, -0.05) is 28.1 Å². The highest BCUT2D eigenvalue weighted by Crippen LogP contribution is 2.36. The van der Waals surface area contributed by atoms with Gasteiger partial charge in [-0.2, -0.15) is 5.26 Å². The van der Waals surface area contributed by atoms with Gasteiger partial charge in [0.15, 0.2) is 0 Å². The third-order valence-corrected chi connectivity index (χ3v) is 3.90. The third-order valence-electron chi connectivity index (χ3n) is 3.37. The molecule has 0 spiro atoms. The number of halogens is 1. The minimum atomic E-state index is -0.505. The zero-order valence-electron chi connectivity index (χ0n) is 9.44. The summed E-state index contributed by atoms with van der Waals surface area (Å²) in [7, 11) is 3.98. The Labute approximate surface area is 104 Å². The summed E-state index contributed by atoms with van der Waals surface area (Å²) in [5.74, 6) is 0. The molecule has 1 atom stereocenters. The van der Waals surface area contributed by atoms with Crippen LogP contribution in [-0.2, 0) is 5.54 Å². The van der Waals surface area contributed by atoms with Crippen LogP contribution in [-0.4, -0.2) is 30.7 Å². The Morgan fingerprint density at radius 2 is 1.94 bits per heavy atom. The van der Waals surface area contributed by atoms with Crippen molar-refractivity contribution in [3.8, 4) is 6.07 Å². The highest BCUT2D eigenvalue weighted by molar-refractivity contribution is 9.10. The van der Waals surface area contributed by atoms with Gasteiger partial charge in [-0.05, 0) is 24.1 Å². The highest BCUT2D eigenvalue weighted by Gasteiger charge is 2.43. The first-order valence-corrected chi connectivity index (χ1v) is 6.01. The van der Waals surface area contributed by atoms with Gasteiger partial charge in [-0.15, -0.1) is 0 Å². The second kappa shape index (κ2) is 4.17. The number of rotatable bonds is 1. The van der Waals surface area contributed by atoms with Crippen LogP contribution in [0.25, 0.3) is 0 Å². The summed E-state index contributed by atoms with van der Waals surface area (Å²) in [5, 5.41) is 13.6. The van der Waals surface area contributed by atoms with Crippen molar-refractivity contribution in [3.05, 3.63) is 34.3 Å². The van der Waals surface area contributed by atoms with Crippen LogP contribution in [0, 0.1) is 11.3 Å². The molecule has 2 rings (SSSR count). The second-order valence-corrected chi connectivity index (χ2v) is 5.05. The fourth-order valence-electron chi connectivity index (χ4n) is 2.18. The van der Waals surface area contributed by atoms with Crippen molar-refractivity contribution in [3.63, 3.8) is 0 Å². The average Bonchev–Trinajstić information content (AvgIpc) is 2.59. The van der Waals surface area contributed by atoms with Crippen molar-refractivity contribution >= 4 is 15.9 Å². The maximum atomic E-state index is 9.50. The summed E-state index contributed by atoms with van der Waals surface area (Å²) in [6.45, 7) is 0.917. The minimum Gasteiger partial charge on any atom is -0.243 e. The van der Waals surface area contributed by atoms with Gasteiger partial charge < -0.3 is 0 Å². The van der Waals surface area contributed by atoms with Crippen LogP contribution in [0.5, 0.6) is 0 Å². The Morgan fingerprint density at radius 1 is 1.31 bits per heavy atom. The first-order chi connectivity index (χ1) is 7.60.